The minimum Gasteiger partial charge on any atom is -0.423 e. The van der Waals surface area contributed by atoms with E-state index in [0.717, 1.165) is 22.1 Å². The van der Waals surface area contributed by atoms with Crippen LogP contribution in [0.2, 0.25) is 0 Å². The molecule has 132 valence electrons. The molecule has 0 radical (unpaired) electrons. The van der Waals surface area contributed by atoms with Gasteiger partial charge in [0, 0.05) is 29.6 Å². The molecule has 0 bridgehead atoms. The monoisotopic (exact) mass is 356 g/mol. The molecule has 4 rings (SSSR count). The van der Waals surface area contributed by atoms with E-state index in [1.165, 1.54) is 6.07 Å². The Hall–Kier alpha value is -3.65. The van der Waals surface area contributed by atoms with Crippen LogP contribution in [0.5, 0.6) is 0 Å². The summed E-state index contributed by atoms with van der Waals surface area (Å²) < 4.78 is 7.19. The third-order valence-electron chi connectivity index (χ3n) is 4.89. The van der Waals surface area contributed by atoms with E-state index in [0.29, 0.717) is 23.0 Å². The Labute approximate surface area is 154 Å². The average Bonchev–Trinajstić information content (AvgIpc) is 2.65. The van der Waals surface area contributed by atoms with Crippen molar-refractivity contribution in [3.63, 3.8) is 0 Å². The Morgan fingerprint density at radius 3 is 2.56 bits per heavy atom. The van der Waals surface area contributed by atoms with E-state index < -0.39 is 5.63 Å². The van der Waals surface area contributed by atoms with Gasteiger partial charge in [-0.25, -0.2) is 4.79 Å². The highest BCUT2D eigenvalue weighted by atomic mass is 16.4. The maximum atomic E-state index is 12.4. The van der Waals surface area contributed by atoms with Gasteiger partial charge in [-0.15, -0.1) is 0 Å². The number of nitriles is 1. The molecule has 0 atom stereocenters. The molecular weight excluding hydrogens is 340 g/mol. The van der Waals surface area contributed by atoms with Gasteiger partial charge in [0.1, 0.15) is 17.2 Å². The number of pyridine rings is 1. The summed E-state index contributed by atoms with van der Waals surface area (Å²) in [6.07, 6.45) is 1.55. The van der Waals surface area contributed by atoms with Crippen molar-refractivity contribution >= 4 is 21.9 Å². The molecular formula is C22H16N2O3. The first-order chi connectivity index (χ1) is 13.0. The van der Waals surface area contributed by atoms with Gasteiger partial charge in [0.25, 0.3) is 0 Å². The quantitative estimate of drug-likeness (QED) is 0.514. The maximum absolute atomic E-state index is 12.4. The lowest BCUT2D eigenvalue weighted by Gasteiger charge is -2.13. The number of hydrogen-bond donors (Lipinski definition) is 0. The Kier molecular flexibility index (Phi) is 3.89. The Morgan fingerprint density at radius 2 is 1.78 bits per heavy atom. The van der Waals surface area contributed by atoms with Crippen LogP contribution in [0.4, 0.5) is 0 Å². The molecule has 27 heavy (non-hydrogen) atoms. The van der Waals surface area contributed by atoms with Gasteiger partial charge in [0.05, 0.1) is 5.52 Å². The van der Waals surface area contributed by atoms with Crippen molar-refractivity contribution in [3.8, 4) is 6.07 Å². The number of aryl methyl sites for hydroxylation is 2. The summed E-state index contributed by atoms with van der Waals surface area (Å²) in [5, 5.41) is 10.7. The van der Waals surface area contributed by atoms with Gasteiger partial charge in [-0.05, 0) is 54.8 Å². The van der Waals surface area contributed by atoms with Crippen molar-refractivity contribution in [2.75, 3.05) is 0 Å². The Morgan fingerprint density at radius 1 is 1.04 bits per heavy atom. The number of aromatic nitrogens is 1. The van der Waals surface area contributed by atoms with Crippen molar-refractivity contribution in [3.05, 3.63) is 91.6 Å². The number of rotatable bonds is 2. The van der Waals surface area contributed by atoms with Crippen LogP contribution in [0, 0.1) is 25.2 Å². The second-order valence-electron chi connectivity index (χ2n) is 6.65. The smallest absolute Gasteiger partial charge is 0.336 e. The number of nitrogens with zero attached hydrogens (tertiary/aromatic N) is 2. The van der Waals surface area contributed by atoms with Gasteiger partial charge in [-0.2, -0.15) is 5.26 Å². The third kappa shape index (κ3) is 2.81. The maximum Gasteiger partial charge on any atom is 0.336 e. The molecule has 5 heteroatoms. The second-order valence-corrected chi connectivity index (χ2v) is 6.65. The van der Waals surface area contributed by atoms with E-state index in [1.54, 1.807) is 18.3 Å². The highest BCUT2D eigenvalue weighted by molar-refractivity contribution is 5.83. The molecule has 0 saturated carbocycles. The van der Waals surface area contributed by atoms with Crippen LogP contribution < -0.4 is 11.1 Å². The van der Waals surface area contributed by atoms with Crippen molar-refractivity contribution in [2.24, 2.45) is 0 Å². The van der Waals surface area contributed by atoms with E-state index in [4.69, 9.17) is 4.42 Å². The van der Waals surface area contributed by atoms with Crippen LogP contribution >= 0.6 is 0 Å². The van der Waals surface area contributed by atoms with E-state index >= 15 is 0 Å². The molecule has 0 spiro atoms. The van der Waals surface area contributed by atoms with Crippen molar-refractivity contribution in [1.29, 1.82) is 5.26 Å². The third-order valence-corrected chi connectivity index (χ3v) is 4.89. The van der Waals surface area contributed by atoms with Crippen molar-refractivity contribution < 1.29 is 4.42 Å². The standard InChI is InChI=1S/C22H16N2O3/c1-13-7-18-15(9-21(25)27-20(18)8-14(13)2)11-24-12-16(10-23)22(26)17-5-3-4-6-19(17)24/h3-9,12H,11H2,1-2H3. The largest absolute Gasteiger partial charge is 0.423 e. The molecule has 2 aromatic heterocycles. The van der Waals surface area contributed by atoms with E-state index in [9.17, 15) is 14.9 Å². The molecule has 2 aromatic carbocycles. The van der Waals surface area contributed by atoms with Gasteiger partial charge in [0.15, 0.2) is 0 Å². The van der Waals surface area contributed by atoms with Gasteiger partial charge in [0.2, 0.25) is 5.43 Å². The fraction of sp³-hybridized carbons (Fsp3) is 0.136. The summed E-state index contributed by atoms with van der Waals surface area (Å²) in [6, 6.07) is 14.4. The first-order valence-corrected chi connectivity index (χ1v) is 8.54. The molecule has 0 fully saturated rings. The van der Waals surface area contributed by atoms with Crippen molar-refractivity contribution in [2.45, 2.75) is 20.4 Å². The predicted octanol–water partition coefficient (Wildman–Crippen LogP) is 3.64. The fourth-order valence-electron chi connectivity index (χ4n) is 3.35. The van der Waals surface area contributed by atoms with Crippen LogP contribution in [0.25, 0.3) is 21.9 Å². The predicted molar refractivity (Wildman–Crippen MR) is 104 cm³/mol. The highest BCUT2D eigenvalue weighted by Gasteiger charge is 2.12. The molecule has 0 unspecified atom stereocenters. The first-order valence-electron chi connectivity index (χ1n) is 8.54. The van der Waals surface area contributed by atoms with Crippen LogP contribution in [-0.2, 0) is 6.54 Å². The zero-order valence-corrected chi connectivity index (χ0v) is 14.9. The molecule has 4 aromatic rings. The fourth-order valence-corrected chi connectivity index (χ4v) is 3.35. The van der Waals surface area contributed by atoms with Gasteiger partial charge in [-0.1, -0.05) is 12.1 Å². The molecule has 0 aliphatic rings. The summed E-state index contributed by atoms with van der Waals surface area (Å²) in [5.41, 5.74) is 3.54. The second kappa shape index (κ2) is 6.26. The van der Waals surface area contributed by atoms with Gasteiger partial charge in [-0.3, -0.25) is 4.79 Å². The van der Waals surface area contributed by atoms with Gasteiger partial charge < -0.3 is 8.98 Å². The van der Waals surface area contributed by atoms with Crippen LogP contribution in [0.15, 0.2) is 62.7 Å². The summed E-state index contributed by atoms with van der Waals surface area (Å²) >= 11 is 0. The molecule has 2 heterocycles. The number of hydrogen-bond acceptors (Lipinski definition) is 4. The molecule has 0 N–H and O–H groups in total. The van der Waals surface area contributed by atoms with Gasteiger partial charge >= 0.3 is 5.63 Å². The van der Waals surface area contributed by atoms with Crippen LogP contribution in [-0.4, -0.2) is 4.57 Å². The topological polar surface area (TPSA) is 76.0 Å². The summed E-state index contributed by atoms with van der Waals surface area (Å²) in [7, 11) is 0. The zero-order chi connectivity index (χ0) is 19.1. The van der Waals surface area contributed by atoms with Crippen LogP contribution in [0.1, 0.15) is 22.3 Å². The molecule has 0 amide bonds. The lowest BCUT2D eigenvalue weighted by molar-refractivity contribution is 0.557. The van der Waals surface area contributed by atoms with E-state index in [-0.39, 0.29) is 11.0 Å². The molecule has 0 saturated heterocycles. The average molecular weight is 356 g/mol. The zero-order valence-electron chi connectivity index (χ0n) is 14.9. The molecule has 0 aliphatic carbocycles. The lowest BCUT2D eigenvalue weighted by atomic mass is 10.0. The van der Waals surface area contributed by atoms with E-state index in [1.807, 2.05) is 48.7 Å². The molecule has 5 nitrogen and oxygen atoms in total. The van der Waals surface area contributed by atoms with E-state index in [2.05, 4.69) is 0 Å². The number of para-hydroxylation sites is 1. The van der Waals surface area contributed by atoms with Crippen LogP contribution in [0.3, 0.4) is 0 Å². The summed E-state index contributed by atoms with van der Waals surface area (Å²) in [5.74, 6) is 0. The minimum atomic E-state index is -0.424. The Bertz CT molecular complexity index is 1370. The van der Waals surface area contributed by atoms with Crippen molar-refractivity contribution in [1.82, 2.24) is 4.57 Å². The lowest BCUT2D eigenvalue weighted by Crippen LogP contribution is -2.14. The Balaban J connectivity index is 2.00. The highest BCUT2D eigenvalue weighted by Crippen LogP contribution is 2.23. The minimum absolute atomic E-state index is 0.0768. The number of benzene rings is 2. The first kappa shape index (κ1) is 16.8. The normalized spacial score (nSPS) is 11.0. The summed E-state index contributed by atoms with van der Waals surface area (Å²) in [4.78, 5) is 24.5. The SMILES string of the molecule is Cc1cc2oc(=O)cc(Cn3cc(C#N)c(=O)c4ccccc43)c2cc1C. The summed E-state index contributed by atoms with van der Waals surface area (Å²) in [6.45, 7) is 4.32. The molecule has 0 aliphatic heterocycles. The number of fused-ring (bicyclic) bond motifs is 2.